The molecule has 0 saturated heterocycles. The van der Waals surface area contributed by atoms with Crippen molar-refractivity contribution in [3.63, 3.8) is 0 Å². The van der Waals surface area contributed by atoms with Crippen LogP contribution in [0.4, 0.5) is 5.69 Å². The molecule has 3 rings (SSSR count). The predicted octanol–water partition coefficient (Wildman–Crippen LogP) is 4.72. The number of amides is 1. The number of hydrogen-bond acceptors (Lipinski definition) is 5. The van der Waals surface area contributed by atoms with Crippen molar-refractivity contribution in [2.24, 2.45) is 5.92 Å². The van der Waals surface area contributed by atoms with Gasteiger partial charge in [0.2, 0.25) is 0 Å². The van der Waals surface area contributed by atoms with E-state index in [1.807, 2.05) is 6.07 Å². The van der Waals surface area contributed by atoms with Gasteiger partial charge >= 0.3 is 5.97 Å². The van der Waals surface area contributed by atoms with Crippen LogP contribution in [-0.2, 0) is 22.4 Å². The van der Waals surface area contributed by atoms with Gasteiger partial charge in [0.15, 0.2) is 6.61 Å². The van der Waals surface area contributed by atoms with E-state index in [0.29, 0.717) is 27.3 Å². The second-order valence-corrected chi connectivity index (χ2v) is 8.09. The van der Waals surface area contributed by atoms with E-state index in [9.17, 15) is 9.59 Å². The average molecular weight is 408 g/mol. The van der Waals surface area contributed by atoms with Crippen molar-refractivity contribution in [2.45, 2.75) is 32.6 Å². The second-order valence-electron chi connectivity index (χ2n) is 6.55. The maximum atomic E-state index is 12.3. The monoisotopic (exact) mass is 407 g/mol. The lowest BCUT2D eigenvalue weighted by Gasteiger charge is -2.19. The first-order chi connectivity index (χ1) is 13.0. The van der Waals surface area contributed by atoms with E-state index in [1.165, 1.54) is 35.3 Å². The molecule has 1 aromatic heterocycles. The number of anilines is 1. The highest BCUT2D eigenvalue weighted by Crippen LogP contribution is 2.33. The van der Waals surface area contributed by atoms with Gasteiger partial charge in [-0.3, -0.25) is 4.79 Å². The van der Waals surface area contributed by atoms with Gasteiger partial charge in [-0.05, 0) is 55.0 Å². The number of halogens is 1. The van der Waals surface area contributed by atoms with Gasteiger partial charge < -0.3 is 14.8 Å². The van der Waals surface area contributed by atoms with Crippen LogP contribution in [0, 0.1) is 5.92 Å². The first-order valence-electron chi connectivity index (χ1n) is 8.92. The molecule has 1 aliphatic carbocycles. The molecule has 1 amide bonds. The third-order valence-electron chi connectivity index (χ3n) is 4.73. The van der Waals surface area contributed by atoms with Crippen LogP contribution in [-0.4, -0.2) is 25.6 Å². The van der Waals surface area contributed by atoms with Gasteiger partial charge in [0.1, 0.15) is 10.6 Å². The maximum Gasteiger partial charge on any atom is 0.348 e. The van der Waals surface area contributed by atoms with Crippen LogP contribution in [0.2, 0.25) is 5.02 Å². The number of hydrogen-bond donors (Lipinski definition) is 1. The highest BCUT2D eigenvalue weighted by atomic mass is 35.5. The fraction of sp³-hybridized carbons (Fsp3) is 0.400. The number of benzene rings is 1. The summed E-state index contributed by atoms with van der Waals surface area (Å²) in [5.41, 5.74) is 1.77. The largest absolute Gasteiger partial charge is 0.495 e. The lowest BCUT2D eigenvalue weighted by molar-refractivity contribution is -0.119. The summed E-state index contributed by atoms with van der Waals surface area (Å²) in [6.45, 7) is 1.86. The smallest absolute Gasteiger partial charge is 0.348 e. The van der Waals surface area contributed by atoms with Crippen LogP contribution in [0.5, 0.6) is 5.75 Å². The number of esters is 1. The molecule has 0 spiro atoms. The third-order valence-corrected chi connectivity index (χ3v) is 6.25. The molecular formula is C20H22ClNO4S. The Morgan fingerprint density at radius 3 is 2.85 bits per heavy atom. The van der Waals surface area contributed by atoms with Gasteiger partial charge in [-0.15, -0.1) is 11.3 Å². The molecule has 7 heteroatoms. The predicted molar refractivity (Wildman–Crippen MR) is 107 cm³/mol. The fourth-order valence-electron chi connectivity index (χ4n) is 3.19. The summed E-state index contributed by atoms with van der Waals surface area (Å²) in [6.07, 6.45) is 4.37. The van der Waals surface area contributed by atoms with Crippen LogP contribution in [0.1, 0.15) is 39.9 Å². The molecule has 1 unspecified atom stereocenters. The van der Waals surface area contributed by atoms with Gasteiger partial charge in [-0.1, -0.05) is 24.9 Å². The molecule has 0 fully saturated rings. The Bertz CT molecular complexity index is 849. The van der Waals surface area contributed by atoms with E-state index >= 15 is 0 Å². The summed E-state index contributed by atoms with van der Waals surface area (Å²) in [7, 11) is 1.52. The highest BCUT2D eigenvalue weighted by molar-refractivity contribution is 7.14. The zero-order valence-corrected chi connectivity index (χ0v) is 16.9. The van der Waals surface area contributed by atoms with Crippen LogP contribution >= 0.6 is 22.9 Å². The molecule has 1 aliphatic rings. The minimum absolute atomic E-state index is 0.345. The van der Waals surface area contributed by atoms with Crippen molar-refractivity contribution in [1.82, 2.24) is 0 Å². The second kappa shape index (κ2) is 8.76. The Labute approximate surface area is 167 Å². The Hall–Kier alpha value is -2.05. The van der Waals surface area contributed by atoms with E-state index in [4.69, 9.17) is 21.1 Å². The SMILES string of the molecule is CCC1CCc2sc(C(=O)OCC(=O)Nc3ccc(OC)c(Cl)c3)cc2C1. The molecule has 1 N–H and O–H groups in total. The zero-order chi connectivity index (χ0) is 19.4. The molecule has 0 bridgehead atoms. The first kappa shape index (κ1) is 19.7. The molecule has 0 radical (unpaired) electrons. The van der Waals surface area contributed by atoms with Crippen molar-refractivity contribution in [3.8, 4) is 5.75 Å². The Balaban J connectivity index is 1.54. The lowest BCUT2D eigenvalue weighted by Crippen LogP contribution is -2.20. The van der Waals surface area contributed by atoms with Crippen LogP contribution in [0.15, 0.2) is 24.3 Å². The van der Waals surface area contributed by atoms with Crippen molar-refractivity contribution in [3.05, 3.63) is 44.6 Å². The summed E-state index contributed by atoms with van der Waals surface area (Å²) >= 11 is 7.51. The standard InChI is InChI=1S/C20H22ClNO4S/c1-3-12-4-7-17-13(8-12)9-18(27-17)20(24)26-11-19(23)22-14-5-6-16(25-2)15(21)10-14/h5-6,9-10,12H,3-4,7-8,11H2,1-2H3,(H,22,23). The van der Waals surface area contributed by atoms with Gasteiger partial charge in [0, 0.05) is 10.6 Å². The van der Waals surface area contributed by atoms with Gasteiger partial charge in [0.25, 0.3) is 5.91 Å². The first-order valence-corrected chi connectivity index (χ1v) is 10.1. The molecule has 0 saturated carbocycles. The normalized spacial score (nSPS) is 15.7. The summed E-state index contributed by atoms with van der Waals surface area (Å²) in [6, 6.07) is 6.83. The quantitative estimate of drug-likeness (QED) is 0.703. The molecule has 0 aliphatic heterocycles. The molecule has 27 heavy (non-hydrogen) atoms. The Morgan fingerprint density at radius 1 is 1.33 bits per heavy atom. The Morgan fingerprint density at radius 2 is 2.15 bits per heavy atom. The molecule has 2 aromatic rings. The molecule has 1 aromatic carbocycles. The average Bonchev–Trinajstić information content (AvgIpc) is 3.09. The van der Waals surface area contributed by atoms with Crippen molar-refractivity contribution >= 4 is 40.5 Å². The van der Waals surface area contributed by atoms with Gasteiger partial charge in [-0.2, -0.15) is 0 Å². The van der Waals surface area contributed by atoms with E-state index < -0.39 is 11.9 Å². The molecule has 1 atom stereocenters. The molecular weight excluding hydrogens is 386 g/mol. The number of methoxy groups -OCH3 is 1. The van der Waals surface area contributed by atoms with Crippen molar-refractivity contribution < 1.29 is 19.1 Å². The van der Waals surface area contributed by atoms with Crippen LogP contribution in [0.25, 0.3) is 0 Å². The molecule has 1 heterocycles. The van der Waals surface area contributed by atoms with E-state index in [-0.39, 0.29) is 6.61 Å². The number of fused-ring (bicyclic) bond motifs is 1. The number of carbonyl (C=O) groups excluding carboxylic acids is 2. The van der Waals surface area contributed by atoms with Crippen LogP contribution < -0.4 is 10.1 Å². The minimum atomic E-state index is -0.453. The number of thiophene rings is 1. The molecule has 5 nitrogen and oxygen atoms in total. The summed E-state index contributed by atoms with van der Waals surface area (Å²) in [5, 5.41) is 3.04. The number of aryl methyl sites for hydroxylation is 1. The third kappa shape index (κ3) is 4.82. The maximum absolute atomic E-state index is 12.3. The van der Waals surface area contributed by atoms with Crippen molar-refractivity contribution in [2.75, 3.05) is 19.0 Å². The number of rotatable bonds is 6. The van der Waals surface area contributed by atoms with Crippen LogP contribution in [0.3, 0.4) is 0 Å². The topological polar surface area (TPSA) is 64.6 Å². The summed E-state index contributed by atoms with van der Waals surface area (Å²) < 4.78 is 10.2. The van der Waals surface area contributed by atoms with E-state index in [1.54, 1.807) is 18.2 Å². The zero-order valence-electron chi connectivity index (χ0n) is 15.3. The van der Waals surface area contributed by atoms with E-state index in [0.717, 1.165) is 19.3 Å². The summed E-state index contributed by atoms with van der Waals surface area (Å²) in [5.74, 6) is 0.341. The van der Waals surface area contributed by atoms with Gasteiger partial charge in [0.05, 0.1) is 12.1 Å². The Kier molecular flexibility index (Phi) is 6.39. The van der Waals surface area contributed by atoms with Crippen molar-refractivity contribution in [1.29, 1.82) is 0 Å². The highest BCUT2D eigenvalue weighted by Gasteiger charge is 2.23. The lowest BCUT2D eigenvalue weighted by atomic mass is 9.87. The van der Waals surface area contributed by atoms with Gasteiger partial charge in [-0.25, -0.2) is 4.79 Å². The summed E-state index contributed by atoms with van der Waals surface area (Å²) in [4.78, 5) is 26.1. The minimum Gasteiger partial charge on any atom is -0.495 e. The molecule has 144 valence electrons. The van der Waals surface area contributed by atoms with E-state index in [2.05, 4.69) is 12.2 Å². The number of carbonyl (C=O) groups is 2. The fourth-order valence-corrected chi connectivity index (χ4v) is 4.55. The number of ether oxygens (including phenoxy) is 2. The number of nitrogens with one attached hydrogen (secondary N) is 1.